The fraction of sp³-hybridized carbons (Fsp3) is 0.375. The summed E-state index contributed by atoms with van der Waals surface area (Å²) in [6, 6.07) is 6.08. The molecule has 0 spiro atoms. The third kappa shape index (κ3) is 3.60. The fourth-order valence-corrected chi connectivity index (χ4v) is 2.61. The minimum atomic E-state index is -0.713. The molecule has 0 bridgehead atoms. The van der Waals surface area contributed by atoms with Gasteiger partial charge in [-0.1, -0.05) is 49.7 Å². The molecule has 0 unspecified atom stereocenters. The second-order valence-electron chi connectivity index (χ2n) is 5.12. The van der Waals surface area contributed by atoms with E-state index in [4.69, 9.17) is 16.3 Å². The molecule has 1 aromatic rings. The van der Waals surface area contributed by atoms with E-state index < -0.39 is 24.0 Å². The molecule has 1 heterocycles. The number of carbonyl (C=O) groups excluding carboxylic acids is 2. The van der Waals surface area contributed by atoms with Crippen LogP contribution in [-0.4, -0.2) is 18.6 Å². The molecule has 2 rings (SSSR count). The lowest BCUT2D eigenvalue weighted by Crippen LogP contribution is -2.51. The quantitative estimate of drug-likeness (QED) is 0.646. The first kappa shape index (κ1) is 16.4. The van der Waals surface area contributed by atoms with Crippen LogP contribution < -0.4 is 10.6 Å². The van der Waals surface area contributed by atoms with Crippen LogP contribution in [0.3, 0.4) is 0 Å². The Balaban J connectivity index is 2.26. The molecule has 22 heavy (non-hydrogen) atoms. The number of nitrogens with one attached hydrogen (secondary N) is 2. The van der Waals surface area contributed by atoms with E-state index >= 15 is 0 Å². The second-order valence-corrected chi connectivity index (χ2v) is 5.53. The second kappa shape index (κ2) is 7.31. The van der Waals surface area contributed by atoms with Crippen molar-refractivity contribution in [3.05, 3.63) is 47.1 Å². The molecule has 1 aliphatic rings. The zero-order valence-corrected chi connectivity index (χ0v) is 13.2. The van der Waals surface area contributed by atoms with Gasteiger partial charge < -0.3 is 15.4 Å². The van der Waals surface area contributed by atoms with Gasteiger partial charge in [0.25, 0.3) is 0 Å². The molecular formula is C16H19ClN2O3. The summed E-state index contributed by atoms with van der Waals surface area (Å²) in [5, 5.41) is 5.74. The Morgan fingerprint density at radius 2 is 2.14 bits per heavy atom. The summed E-state index contributed by atoms with van der Waals surface area (Å²) in [6.45, 7) is 6.15. The highest BCUT2D eigenvalue weighted by Crippen LogP contribution is 2.34. The molecule has 2 amide bonds. The first-order valence-electron chi connectivity index (χ1n) is 7.22. The van der Waals surface area contributed by atoms with Crippen LogP contribution in [0, 0.1) is 5.92 Å². The lowest BCUT2D eigenvalue weighted by molar-refractivity contribution is -0.148. The van der Waals surface area contributed by atoms with Crippen LogP contribution >= 0.6 is 11.6 Å². The summed E-state index contributed by atoms with van der Waals surface area (Å²) in [5.41, 5.74) is 0.979. The van der Waals surface area contributed by atoms with Crippen LogP contribution in [0.2, 0.25) is 5.02 Å². The van der Waals surface area contributed by atoms with E-state index in [0.717, 1.165) is 12.8 Å². The Morgan fingerprint density at radius 1 is 1.41 bits per heavy atom. The lowest BCUT2D eigenvalue weighted by atomic mass is 9.89. The maximum Gasteiger partial charge on any atom is 0.319 e. The van der Waals surface area contributed by atoms with Crippen LogP contribution in [0.4, 0.5) is 4.79 Å². The van der Waals surface area contributed by atoms with Crippen molar-refractivity contribution in [1.29, 1.82) is 0 Å². The summed E-state index contributed by atoms with van der Waals surface area (Å²) < 4.78 is 5.29. The molecule has 1 saturated heterocycles. The normalized spacial score (nSPS) is 21.0. The largest absolute Gasteiger partial charge is 0.465 e. The molecule has 6 heteroatoms. The standard InChI is InChI=1S/C16H19ClN2O3/c1-3-4-9-22-15(20)13-10(2)18-16(21)19-14(13)11-7-5-6-8-12(11)17/h5-8,13-14H,2-4,9H2,1H3,(H2,18,19,21)/t13-,14+/m1/s1. The highest BCUT2D eigenvalue weighted by atomic mass is 35.5. The Morgan fingerprint density at radius 3 is 2.82 bits per heavy atom. The van der Waals surface area contributed by atoms with E-state index in [1.807, 2.05) is 6.92 Å². The van der Waals surface area contributed by atoms with Crippen LogP contribution in [0.25, 0.3) is 0 Å². The molecule has 1 aliphatic heterocycles. The summed E-state index contributed by atoms with van der Waals surface area (Å²) >= 11 is 6.20. The molecule has 0 aliphatic carbocycles. The Hall–Kier alpha value is -2.01. The van der Waals surface area contributed by atoms with E-state index in [1.54, 1.807) is 24.3 Å². The molecule has 5 nitrogen and oxygen atoms in total. The topological polar surface area (TPSA) is 67.4 Å². The van der Waals surface area contributed by atoms with Crippen molar-refractivity contribution in [2.45, 2.75) is 25.8 Å². The summed E-state index contributed by atoms with van der Waals surface area (Å²) in [4.78, 5) is 24.1. The molecule has 0 aromatic heterocycles. The lowest BCUT2D eigenvalue weighted by Gasteiger charge is -2.33. The predicted octanol–water partition coefficient (Wildman–Crippen LogP) is 3.17. The Kier molecular flexibility index (Phi) is 5.44. The minimum absolute atomic E-state index is 0.315. The van der Waals surface area contributed by atoms with Gasteiger partial charge in [-0.3, -0.25) is 4.79 Å². The molecular weight excluding hydrogens is 304 g/mol. The van der Waals surface area contributed by atoms with Crippen LogP contribution in [0.5, 0.6) is 0 Å². The van der Waals surface area contributed by atoms with Gasteiger partial charge in [-0.25, -0.2) is 4.79 Å². The van der Waals surface area contributed by atoms with E-state index in [2.05, 4.69) is 17.2 Å². The minimum Gasteiger partial charge on any atom is -0.465 e. The van der Waals surface area contributed by atoms with Crippen molar-refractivity contribution < 1.29 is 14.3 Å². The monoisotopic (exact) mass is 322 g/mol. The summed E-state index contributed by atoms with van der Waals surface area (Å²) in [5.74, 6) is -1.13. The third-order valence-electron chi connectivity index (χ3n) is 3.51. The molecule has 0 radical (unpaired) electrons. The first-order valence-corrected chi connectivity index (χ1v) is 7.59. The Bertz CT molecular complexity index is 589. The molecule has 118 valence electrons. The highest BCUT2D eigenvalue weighted by Gasteiger charge is 2.39. The zero-order chi connectivity index (χ0) is 16.1. The van der Waals surface area contributed by atoms with E-state index in [-0.39, 0.29) is 0 Å². The highest BCUT2D eigenvalue weighted by molar-refractivity contribution is 6.31. The number of ether oxygens (including phenoxy) is 1. The number of hydrogen-bond donors (Lipinski definition) is 2. The van der Waals surface area contributed by atoms with Crippen molar-refractivity contribution in [2.75, 3.05) is 6.61 Å². The Labute approximate surface area is 134 Å². The predicted molar refractivity (Wildman–Crippen MR) is 84.4 cm³/mol. The first-order chi connectivity index (χ1) is 10.5. The number of carbonyl (C=O) groups is 2. The van der Waals surface area contributed by atoms with Crippen molar-refractivity contribution in [2.24, 2.45) is 5.92 Å². The molecule has 1 fully saturated rings. The summed E-state index contributed by atoms with van der Waals surface area (Å²) in [7, 11) is 0. The number of rotatable bonds is 5. The third-order valence-corrected chi connectivity index (χ3v) is 3.85. The smallest absolute Gasteiger partial charge is 0.319 e. The van der Waals surface area contributed by atoms with Gasteiger partial charge in [0.1, 0.15) is 5.92 Å². The molecule has 2 N–H and O–H groups in total. The number of halogens is 1. The number of esters is 1. The van der Waals surface area contributed by atoms with Crippen LogP contribution in [0.1, 0.15) is 31.4 Å². The van der Waals surface area contributed by atoms with Crippen LogP contribution in [-0.2, 0) is 9.53 Å². The van der Waals surface area contributed by atoms with Gasteiger partial charge in [0.2, 0.25) is 0 Å². The van der Waals surface area contributed by atoms with Gasteiger partial charge in [-0.15, -0.1) is 0 Å². The van der Waals surface area contributed by atoms with Crippen molar-refractivity contribution in [3.8, 4) is 0 Å². The van der Waals surface area contributed by atoms with Gasteiger partial charge in [0.05, 0.1) is 12.6 Å². The van der Waals surface area contributed by atoms with Gasteiger partial charge >= 0.3 is 12.0 Å². The molecule has 2 atom stereocenters. The molecule has 0 saturated carbocycles. The fourth-order valence-electron chi connectivity index (χ4n) is 2.36. The SMILES string of the molecule is C=C1NC(=O)N[C@@H](c2ccccc2Cl)[C@@H]1C(=O)OCCCC. The van der Waals surface area contributed by atoms with Gasteiger partial charge in [-0.05, 0) is 18.1 Å². The number of amides is 2. The molecule has 1 aromatic carbocycles. The van der Waals surface area contributed by atoms with Gasteiger partial charge in [0, 0.05) is 10.7 Å². The van der Waals surface area contributed by atoms with Crippen molar-refractivity contribution in [3.63, 3.8) is 0 Å². The number of urea groups is 1. The van der Waals surface area contributed by atoms with Crippen LogP contribution in [0.15, 0.2) is 36.5 Å². The van der Waals surface area contributed by atoms with Gasteiger partial charge in [0.15, 0.2) is 0 Å². The summed E-state index contributed by atoms with van der Waals surface area (Å²) in [6.07, 6.45) is 1.73. The number of unbranched alkanes of at least 4 members (excludes halogenated alkanes) is 1. The van der Waals surface area contributed by atoms with E-state index in [1.165, 1.54) is 0 Å². The maximum atomic E-state index is 12.4. The average molecular weight is 323 g/mol. The average Bonchev–Trinajstić information content (AvgIpc) is 2.47. The number of hydrogen-bond acceptors (Lipinski definition) is 3. The zero-order valence-electron chi connectivity index (χ0n) is 12.4. The van der Waals surface area contributed by atoms with Crippen molar-refractivity contribution in [1.82, 2.24) is 10.6 Å². The van der Waals surface area contributed by atoms with E-state index in [9.17, 15) is 9.59 Å². The maximum absolute atomic E-state index is 12.4. The van der Waals surface area contributed by atoms with Crippen molar-refractivity contribution >= 4 is 23.6 Å². The number of benzene rings is 1. The van der Waals surface area contributed by atoms with E-state index in [0.29, 0.717) is 22.9 Å². The van der Waals surface area contributed by atoms with Gasteiger partial charge in [-0.2, -0.15) is 0 Å².